The lowest BCUT2D eigenvalue weighted by Crippen LogP contribution is -2.48. The normalized spacial score (nSPS) is 28.1. The largest absolute Gasteiger partial charge is 0.481 e. The third kappa shape index (κ3) is 3.32. The first-order valence-electron chi connectivity index (χ1n) is 6.44. The lowest BCUT2D eigenvalue weighted by atomic mass is 9.93. The Bertz CT molecular complexity index is 353. The number of hydrogen-bond donors (Lipinski definition) is 1. The molecule has 1 aliphatic carbocycles. The van der Waals surface area contributed by atoms with Crippen LogP contribution >= 0.6 is 0 Å². The quantitative estimate of drug-likeness (QED) is 0.763. The van der Waals surface area contributed by atoms with Crippen LogP contribution in [0.1, 0.15) is 25.7 Å². The molecule has 0 spiro atoms. The highest BCUT2D eigenvalue weighted by atomic mass is 16.5. The number of amides is 1. The van der Waals surface area contributed by atoms with Crippen LogP contribution in [0.4, 0.5) is 0 Å². The van der Waals surface area contributed by atoms with E-state index in [1.807, 2.05) is 0 Å². The van der Waals surface area contributed by atoms with Crippen LogP contribution in [0.25, 0.3) is 0 Å². The van der Waals surface area contributed by atoms with Crippen LogP contribution < -0.4 is 0 Å². The molecule has 1 heterocycles. The van der Waals surface area contributed by atoms with Crippen LogP contribution in [-0.2, 0) is 14.3 Å². The zero-order valence-corrected chi connectivity index (χ0v) is 10.4. The van der Waals surface area contributed by atoms with Crippen molar-refractivity contribution in [1.29, 1.82) is 0 Å². The third-order valence-electron chi connectivity index (χ3n) is 3.47. The molecule has 0 unspecified atom stereocenters. The van der Waals surface area contributed by atoms with Crippen molar-refractivity contribution in [3.63, 3.8) is 0 Å². The van der Waals surface area contributed by atoms with E-state index in [-0.39, 0.29) is 24.3 Å². The molecular formula is C13H19NO4. The van der Waals surface area contributed by atoms with Gasteiger partial charge in [0.15, 0.2) is 0 Å². The average molecular weight is 253 g/mol. The summed E-state index contributed by atoms with van der Waals surface area (Å²) in [4.78, 5) is 24.7. The van der Waals surface area contributed by atoms with Crippen molar-refractivity contribution in [3.05, 3.63) is 12.2 Å². The maximum absolute atomic E-state index is 12.3. The number of ether oxygens (including phenoxy) is 1. The summed E-state index contributed by atoms with van der Waals surface area (Å²) < 4.78 is 5.37. The second kappa shape index (κ2) is 6.00. The zero-order valence-electron chi connectivity index (χ0n) is 10.4. The summed E-state index contributed by atoms with van der Waals surface area (Å²) in [5.74, 6) is -0.661. The van der Waals surface area contributed by atoms with Crippen molar-refractivity contribution in [3.8, 4) is 0 Å². The maximum Gasteiger partial charge on any atom is 0.306 e. The van der Waals surface area contributed by atoms with Gasteiger partial charge >= 0.3 is 5.97 Å². The highest BCUT2D eigenvalue weighted by Crippen LogP contribution is 2.22. The molecule has 1 N–H and O–H groups in total. The van der Waals surface area contributed by atoms with Crippen LogP contribution in [0, 0.1) is 5.92 Å². The number of hydrogen-bond acceptors (Lipinski definition) is 3. The highest BCUT2D eigenvalue weighted by Gasteiger charge is 2.30. The molecule has 2 atom stereocenters. The molecule has 5 nitrogen and oxygen atoms in total. The summed E-state index contributed by atoms with van der Waals surface area (Å²) in [6.45, 7) is 1.42. The SMILES string of the molecule is O=C(O)C[C@@H]1CN(C(=O)[C@@H]2CC=CCC2)CCO1. The van der Waals surface area contributed by atoms with E-state index in [2.05, 4.69) is 12.2 Å². The topological polar surface area (TPSA) is 66.8 Å². The molecule has 0 aromatic heterocycles. The Labute approximate surface area is 106 Å². The van der Waals surface area contributed by atoms with E-state index < -0.39 is 5.97 Å². The van der Waals surface area contributed by atoms with Gasteiger partial charge in [-0.2, -0.15) is 0 Å². The number of allylic oxidation sites excluding steroid dienone is 2. The number of morpholine rings is 1. The summed E-state index contributed by atoms with van der Waals surface area (Å²) in [5.41, 5.74) is 0. The molecular weight excluding hydrogens is 234 g/mol. The van der Waals surface area contributed by atoms with Gasteiger partial charge < -0.3 is 14.7 Å². The molecule has 0 bridgehead atoms. The van der Waals surface area contributed by atoms with E-state index in [4.69, 9.17) is 9.84 Å². The second-order valence-corrected chi connectivity index (χ2v) is 4.86. The van der Waals surface area contributed by atoms with Crippen LogP contribution in [-0.4, -0.2) is 47.7 Å². The second-order valence-electron chi connectivity index (χ2n) is 4.86. The van der Waals surface area contributed by atoms with Crippen molar-refractivity contribution in [2.24, 2.45) is 5.92 Å². The van der Waals surface area contributed by atoms with Gasteiger partial charge in [0.2, 0.25) is 5.91 Å². The van der Waals surface area contributed by atoms with E-state index in [1.165, 1.54) is 0 Å². The molecule has 1 amide bonds. The fraction of sp³-hybridized carbons (Fsp3) is 0.692. The van der Waals surface area contributed by atoms with Crippen LogP contribution in [0.15, 0.2) is 12.2 Å². The molecule has 18 heavy (non-hydrogen) atoms. The summed E-state index contributed by atoms with van der Waals surface area (Å²) >= 11 is 0. The van der Waals surface area contributed by atoms with Gasteiger partial charge in [-0.15, -0.1) is 0 Å². The Balaban J connectivity index is 1.89. The number of carboxylic acids is 1. The minimum absolute atomic E-state index is 0.0334. The third-order valence-corrected chi connectivity index (χ3v) is 3.47. The van der Waals surface area contributed by atoms with Gasteiger partial charge in [0.05, 0.1) is 19.1 Å². The molecule has 1 aliphatic heterocycles. The molecule has 0 aromatic rings. The zero-order chi connectivity index (χ0) is 13.0. The molecule has 0 aromatic carbocycles. The highest BCUT2D eigenvalue weighted by molar-refractivity contribution is 5.79. The molecule has 0 radical (unpaired) electrons. The first-order chi connectivity index (χ1) is 8.66. The minimum Gasteiger partial charge on any atom is -0.481 e. The van der Waals surface area contributed by atoms with Gasteiger partial charge in [-0.25, -0.2) is 0 Å². The molecule has 0 saturated carbocycles. The van der Waals surface area contributed by atoms with E-state index in [0.717, 1.165) is 19.3 Å². The molecule has 100 valence electrons. The monoisotopic (exact) mass is 253 g/mol. The summed E-state index contributed by atoms with van der Waals surface area (Å²) in [5, 5.41) is 8.75. The Morgan fingerprint density at radius 2 is 2.22 bits per heavy atom. The number of carboxylic acid groups (broad SMARTS) is 1. The molecule has 5 heteroatoms. The fourth-order valence-electron chi connectivity index (χ4n) is 2.51. The minimum atomic E-state index is -0.880. The van der Waals surface area contributed by atoms with Crippen molar-refractivity contribution < 1.29 is 19.4 Å². The van der Waals surface area contributed by atoms with E-state index >= 15 is 0 Å². The molecule has 1 saturated heterocycles. The number of aliphatic carboxylic acids is 1. The summed E-state index contributed by atoms with van der Waals surface area (Å²) in [6, 6.07) is 0. The van der Waals surface area contributed by atoms with Gasteiger partial charge in [-0.3, -0.25) is 9.59 Å². The molecule has 1 fully saturated rings. The van der Waals surface area contributed by atoms with Crippen molar-refractivity contribution in [1.82, 2.24) is 4.90 Å². The smallest absolute Gasteiger partial charge is 0.306 e. The van der Waals surface area contributed by atoms with Crippen molar-refractivity contribution in [2.45, 2.75) is 31.8 Å². The van der Waals surface area contributed by atoms with Crippen LogP contribution in [0.2, 0.25) is 0 Å². The molecule has 2 aliphatic rings. The first kappa shape index (κ1) is 13.1. The van der Waals surface area contributed by atoms with E-state index in [9.17, 15) is 9.59 Å². The number of carbonyl (C=O) groups is 2. The average Bonchev–Trinajstić information content (AvgIpc) is 2.38. The first-order valence-corrected chi connectivity index (χ1v) is 6.44. The van der Waals surface area contributed by atoms with Gasteiger partial charge in [0.1, 0.15) is 0 Å². The van der Waals surface area contributed by atoms with Crippen molar-refractivity contribution in [2.75, 3.05) is 19.7 Å². The standard InChI is InChI=1S/C13H19NO4/c15-12(16)8-11-9-14(6-7-18-11)13(17)10-4-2-1-3-5-10/h1-2,10-11H,3-9H2,(H,15,16)/t10-,11-/m1/s1. The van der Waals surface area contributed by atoms with Crippen molar-refractivity contribution >= 4 is 11.9 Å². The van der Waals surface area contributed by atoms with Crippen LogP contribution in [0.5, 0.6) is 0 Å². The maximum atomic E-state index is 12.3. The lowest BCUT2D eigenvalue weighted by molar-refractivity contribution is -0.150. The molecule has 2 rings (SSSR count). The number of nitrogens with zero attached hydrogens (tertiary/aromatic N) is 1. The van der Waals surface area contributed by atoms with Gasteiger partial charge in [-0.1, -0.05) is 12.2 Å². The van der Waals surface area contributed by atoms with Gasteiger partial charge in [0.25, 0.3) is 0 Å². The Kier molecular flexibility index (Phi) is 4.36. The van der Waals surface area contributed by atoms with E-state index in [0.29, 0.717) is 19.7 Å². The van der Waals surface area contributed by atoms with Crippen LogP contribution in [0.3, 0.4) is 0 Å². The Hall–Kier alpha value is -1.36. The van der Waals surface area contributed by atoms with Gasteiger partial charge in [0, 0.05) is 19.0 Å². The fourth-order valence-corrected chi connectivity index (χ4v) is 2.51. The predicted octanol–water partition coefficient (Wildman–Crippen LogP) is 1.04. The van der Waals surface area contributed by atoms with E-state index in [1.54, 1.807) is 4.90 Å². The summed E-state index contributed by atoms with van der Waals surface area (Å²) in [7, 11) is 0. The Morgan fingerprint density at radius 3 is 2.89 bits per heavy atom. The van der Waals surface area contributed by atoms with Gasteiger partial charge in [-0.05, 0) is 19.3 Å². The summed E-state index contributed by atoms with van der Waals surface area (Å²) in [6.07, 6.45) is 6.43. The number of rotatable bonds is 3. The lowest BCUT2D eigenvalue weighted by Gasteiger charge is -2.34. The number of carbonyl (C=O) groups excluding carboxylic acids is 1. The Morgan fingerprint density at radius 1 is 1.39 bits per heavy atom. The predicted molar refractivity (Wildman–Crippen MR) is 65.1 cm³/mol.